The maximum atomic E-state index is 14.3. The summed E-state index contributed by atoms with van der Waals surface area (Å²) in [6.07, 6.45) is 13.4. The normalized spacial score (nSPS) is 11.3. The molecular weight excluding hydrogens is 499 g/mol. The maximum absolute atomic E-state index is 14.3. The van der Waals surface area contributed by atoms with Crippen LogP contribution in [0.5, 0.6) is 0 Å². The molecule has 9 heteroatoms. The van der Waals surface area contributed by atoms with E-state index in [9.17, 15) is 4.39 Å². The van der Waals surface area contributed by atoms with Crippen molar-refractivity contribution in [1.82, 2.24) is 15.3 Å². The van der Waals surface area contributed by atoms with Crippen molar-refractivity contribution in [2.45, 2.75) is 40.5 Å². The molecule has 2 rings (SSSR count). The number of anilines is 1. The first-order valence-electron chi connectivity index (χ1n) is 12.9. The number of terminal acetylenes is 1. The number of hydrogen-bond donors (Lipinski definition) is 2. The van der Waals surface area contributed by atoms with E-state index in [4.69, 9.17) is 14.9 Å². The summed E-state index contributed by atoms with van der Waals surface area (Å²) in [4.78, 5) is 20.6. The number of hydrogen-bond acceptors (Lipinski definition) is 8. The lowest BCUT2D eigenvalue weighted by atomic mass is 10.1. The van der Waals surface area contributed by atoms with Crippen LogP contribution in [-0.4, -0.2) is 75.7 Å². The van der Waals surface area contributed by atoms with Gasteiger partial charge in [0, 0.05) is 32.2 Å². The second kappa shape index (κ2) is 25.0. The molecule has 0 radical (unpaired) electrons. The fraction of sp³-hybridized carbons (Fsp3) is 0.500. The summed E-state index contributed by atoms with van der Waals surface area (Å²) in [5.74, 6) is 1.49. The summed E-state index contributed by atoms with van der Waals surface area (Å²) >= 11 is 0. The average Bonchev–Trinajstić information content (AvgIpc) is 2.96. The molecule has 0 bridgehead atoms. The van der Waals surface area contributed by atoms with Crippen LogP contribution in [0.3, 0.4) is 0 Å². The van der Waals surface area contributed by atoms with Crippen LogP contribution in [-0.2, 0) is 20.7 Å². The van der Waals surface area contributed by atoms with Crippen molar-refractivity contribution in [2.24, 2.45) is 5.92 Å². The molecule has 1 aromatic heterocycles. The van der Waals surface area contributed by atoms with Gasteiger partial charge in [0.2, 0.25) is 0 Å². The van der Waals surface area contributed by atoms with Crippen LogP contribution in [0.1, 0.15) is 38.6 Å². The number of aryl methyl sites for hydroxylation is 1. The van der Waals surface area contributed by atoms with Crippen LogP contribution in [0.25, 0.3) is 10.9 Å². The zero-order valence-electron chi connectivity index (χ0n) is 24.6. The Morgan fingerprint density at radius 1 is 1.23 bits per heavy atom. The highest BCUT2D eigenvalue weighted by Gasteiger charge is 2.17. The molecule has 2 aromatic rings. The lowest BCUT2D eigenvalue weighted by Gasteiger charge is -2.28. The van der Waals surface area contributed by atoms with Gasteiger partial charge in [-0.2, -0.15) is 0 Å². The Labute approximate surface area is 234 Å². The molecule has 1 aromatic carbocycles. The Balaban J connectivity index is 0. The molecule has 0 fully saturated rings. The van der Waals surface area contributed by atoms with Crippen LogP contribution in [0.4, 0.5) is 10.2 Å². The average molecular weight is 547 g/mol. The molecule has 0 aliphatic heterocycles. The number of carbonyl (C=O) groups is 1. The number of halogens is 1. The van der Waals surface area contributed by atoms with Crippen LogP contribution in [0.15, 0.2) is 42.3 Å². The van der Waals surface area contributed by atoms with Crippen molar-refractivity contribution < 1.29 is 23.8 Å². The summed E-state index contributed by atoms with van der Waals surface area (Å²) in [7, 11) is 4.97. The second-order valence-corrected chi connectivity index (χ2v) is 8.16. The van der Waals surface area contributed by atoms with E-state index in [0.29, 0.717) is 18.2 Å². The number of benzene rings is 1. The van der Waals surface area contributed by atoms with E-state index in [2.05, 4.69) is 63.5 Å². The number of aliphatic hydroxyl groups excluding tert-OH is 1. The first kappa shape index (κ1) is 37.8. The van der Waals surface area contributed by atoms with Gasteiger partial charge in [-0.05, 0) is 64.1 Å². The summed E-state index contributed by atoms with van der Waals surface area (Å²) in [5.41, 5.74) is 1.95. The standard InChI is InChI=1S/C23H33FN4O.C3H8O.C2H4O2.C2H2/c1-5-18(15-25-4)16-28(6-2)23-20-11-10-17(3)13-21(20)26-22(27-23)14-19(24)9-7-8-12-29;1-3-4-2;1-4-2-3;1-2/h7-11,13,18,25,29H,5-6,12,14-16H2,1-4H3;3H2,1-2H3;2H,1H3;1-2H/b8-7-,19-9+;;;. The van der Waals surface area contributed by atoms with Crippen molar-refractivity contribution >= 4 is 23.2 Å². The van der Waals surface area contributed by atoms with E-state index in [1.165, 1.54) is 25.3 Å². The van der Waals surface area contributed by atoms with Gasteiger partial charge in [0.05, 0.1) is 25.7 Å². The number of carbonyl (C=O) groups excluding carboxylic acids is 1. The van der Waals surface area contributed by atoms with Crippen molar-refractivity contribution in [3.63, 3.8) is 0 Å². The van der Waals surface area contributed by atoms with Crippen molar-refractivity contribution in [1.29, 1.82) is 0 Å². The van der Waals surface area contributed by atoms with Gasteiger partial charge in [-0.15, -0.1) is 12.8 Å². The van der Waals surface area contributed by atoms with Crippen LogP contribution in [0, 0.1) is 25.7 Å². The number of allylic oxidation sites excluding steroid dienone is 3. The van der Waals surface area contributed by atoms with E-state index in [-0.39, 0.29) is 18.9 Å². The SMILES string of the molecule is C#C.CCC(CNC)CN(CC)c1nc(C/C(F)=C\C=C/CO)nc2cc(C)ccc12.CCOC.COC=O. The van der Waals surface area contributed by atoms with Crippen LogP contribution >= 0.6 is 0 Å². The van der Waals surface area contributed by atoms with Crippen molar-refractivity contribution in [2.75, 3.05) is 59.0 Å². The zero-order valence-corrected chi connectivity index (χ0v) is 24.6. The molecule has 0 aliphatic rings. The number of fused-ring (bicyclic) bond motifs is 1. The minimum atomic E-state index is -0.336. The van der Waals surface area contributed by atoms with Crippen molar-refractivity contribution in [3.05, 3.63) is 53.6 Å². The molecular formula is C30H47FN4O4. The number of aromatic nitrogens is 2. The van der Waals surface area contributed by atoms with E-state index in [1.807, 2.05) is 27.0 Å². The predicted octanol–water partition coefficient (Wildman–Crippen LogP) is 4.65. The number of ether oxygens (including phenoxy) is 2. The third-order valence-corrected chi connectivity index (χ3v) is 5.34. The fourth-order valence-electron chi connectivity index (χ4n) is 3.34. The minimum Gasteiger partial charge on any atom is -0.471 e. The van der Waals surface area contributed by atoms with E-state index in [1.54, 1.807) is 7.11 Å². The Bertz CT molecular complexity index is 994. The smallest absolute Gasteiger partial charge is 0.292 e. The van der Waals surface area contributed by atoms with Gasteiger partial charge >= 0.3 is 0 Å². The molecule has 218 valence electrons. The molecule has 0 saturated heterocycles. The second-order valence-electron chi connectivity index (χ2n) is 8.16. The molecule has 1 heterocycles. The lowest BCUT2D eigenvalue weighted by molar-refractivity contribution is -0.126. The number of nitrogens with zero attached hydrogens (tertiary/aromatic N) is 3. The van der Waals surface area contributed by atoms with Gasteiger partial charge in [0.15, 0.2) is 0 Å². The Hall–Kier alpha value is -3.32. The van der Waals surface area contributed by atoms with Crippen molar-refractivity contribution in [3.8, 4) is 12.8 Å². The van der Waals surface area contributed by atoms with E-state index >= 15 is 0 Å². The number of aliphatic hydroxyl groups is 1. The third-order valence-electron chi connectivity index (χ3n) is 5.34. The van der Waals surface area contributed by atoms with Gasteiger partial charge in [0.25, 0.3) is 6.47 Å². The topological polar surface area (TPSA) is 96.8 Å². The van der Waals surface area contributed by atoms with Gasteiger partial charge in [-0.1, -0.05) is 31.6 Å². The Morgan fingerprint density at radius 3 is 2.36 bits per heavy atom. The first-order chi connectivity index (χ1) is 18.8. The van der Waals surface area contributed by atoms with Gasteiger partial charge in [-0.3, -0.25) is 4.79 Å². The van der Waals surface area contributed by atoms with Gasteiger partial charge in [0.1, 0.15) is 17.5 Å². The zero-order chi connectivity index (χ0) is 30.1. The summed E-state index contributed by atoms with van der Waals surface area (Å²) in [6, 6.07) is 6.14. The Kier molecular flexibility index (Phi) is 24.2. The quantitative estimate of drug-likeness (QED) is 0.213. The monoisotopic (exact) mass is 546 g/mol. The van der Waals surface area contributed by atoms with Crippen LogP contribution in [0.2, 0.25) is 0 Å². The summed E-state index contributed by atoms with van der Waals surface area (Å²) in [5, 5.41) is 13.1. The molecule has 8 nitrogen and oxygen atoms in total. The molecule has 0 amide bonds. The molecule has 1 unspecified atom stereocenters. The predicted molar refractivity (Wildman–Crippen MR) is 160 cm³/mol. The highest BCUT2D eigenvalue weighted by molar-refractivity contribution is 5.90. The molecule has 39 heavy (non-hydrogen) atoms. The van der Waals surface area contributed by atoms with Gasteiger partial charge < -0.3 is 24.8 Å². The molecule has 0 saturated carbocycles. The van der Waals surface area contributed by atoms with E-state index in [0.717, 1.165) is 54.9 Å². The number of nitrogens with one attached hydrogen (secondary N) is 1. The highest BCUT2D eigenvalue weighted by Crippen LogP contribution is 2.26. The minimum absolute atomic E-state index is 0.0257. The molecule has 2 N–H and O–H groups in total. The molecule has 0 spiro atoms. The molecule has 0 aliphatic carbocycles. The summed E-state index contributed by atoms with van der Waals surface area (Å²) in [6.45, 7) is 12.0. The number of methoxy groups -OCH3 is 2. The summed E-state index contributed by atoms with van der Waals surface area (Å²) < 4.78 is 22.7. The van der Waals surface area contributed by atoms with Crippen LogP contribution < -0.4 is 10.2 Å². The largest absolute Gasteiger partial charge is 0.471 e. The molecule has 1 atom stereocenters. The lowest BCUT2D eigenvalue weighted by Crippen LogP contribution is -2.34. The highest BCUT2D eigenvalue weighted by atomic mass is 19.1. The fourth-order valence-corrected chi connectivity index (χ4v) is 3.34. The first-order valence-corrected chi connectivity index (χ1v) is 12.9. The Morgan fingerprint density at radius 2 is 1.87 bits per heavy atom. The third kappa shape index (κ3) is 16.3. The maximum Gasteiger partial charge on any atom is 0.292 e. The van der Waals surface area contributed by atoms with Gasteiger partial charge in [-0.25, -0.2) is 14.4 Å². The van der Waals surface area contributed by atoms with E-state index < -0.39 is 0 Å². The number of rotatable bonds is 13.